The summed E-state index contributed by atoms with van der Waals surface area (Å²) in [6.07, 6.45) is 2.13. The van der Waals surface area contributed by atoms with E-state index in [0.29, 0.717) is 17.7 Å². The summed E-state index contributed by atoms with van der Waals surface area (Å²) in [6.45, 7) is 0.0715. The number of nitro benzene ring substituents is 2. The van der Waals surface area contributed by atoms with Crippen LogP contribution in [0, 0.1) is 20.2 Å². The van der Waals surface area contributed by atoms with Crippen molar-refractivity contribution in [2.24, 2.45) is 0 Å². The van der Waals surface area contributed by atoms with E-state index in [-0.39, 0.29) is 29.1 Å². The summed E-state index contributed by atoms with van der Waals surface area (Å²) < 4.78 is 5.32. The van der Waals surface area contributed by atoms with E-state index in [1.54, 1.807) is 13.3 Å². The van der Waals surface area contributed by atoms with Gasteiger partial charge in [0, 0.05) is 53.5 Å². The number of benzene rings is 3. The average Bonchev–Trinajstić information content (AvgIpc) is 3.48. The highest BCUT2D eigenvalue weighted by Gasteiger charge is 2.46. The fraction of sp³-hybridized carbons (Fsp3) is 0.143. The summed E-state index contributed by atoms with van der Waals surface area (Å²) in [4.78, 5) is 52.3. The Morgan fingerprint density at radius 1 is 1.00 bits per heavy atom. The van der Waals surface area contributed by atoms with Crippen molar-refractivity contribution >= 4 is 39.7 Å². The third-order valence-corrected chi connectivity index (χ3v) is 6.89. The van der Waals surface area contributed by atoms with Gasteiger partial charge in [-0.1, -0.05) is 12.1 Å². The summed E-state index contributed by atoms with van der Waals surface area (Å²) in [5.41, 5.74) is 1.31. The highest BCUT2D eigenvalue weighted by atomic mass is 16.6. The van der Waals surface area contributed by atoms with Gasteiger partial charge in [-0.3, -0.25) is 29.8 Å². The maximum absolute atomic E-state index is 13.3. The molecule has 1 atom stereocenters. The number of H-pyrrole nitrogens is 1. The minimum atomic E-state index is -1.08. The second-order valence-corrected chi connectivity index (χ2v) is 9.12. The minimum Gasteiger partial charge on any atom is -0.507 e. The maximum atomic E-state index is 13.3. The van der Waals surface area contributed by atoms with Crippen LogP contribution < -0.4 is 4.74 Å². The first-order valence-corrected chi connectivity index (χ1v) is 12.1. The molecule has 3 aromatic carbocycles. The van der Waals surface area contributed by atoms with Crippen molar-refractivity contribution in [3.05, 3.63) is 115 Å². The first-order valence-electron chi connectivity index (χ1n) is 12.1. The molecular formula is C28H22N4O8. The molecule has 1 amide bonds. The van der Waals surface area contributed by atoms with Gasteiger partial charge in [0.25, 0.3) is 23.1 Å². The molecule has 4 aromatic rings. The number of aliphatic hydroxyl groups is 1. The monoisotopic (exact) mass is 542 g/mol. The number of Topliss-reactive ketones (excluding diaryl/α,β-unsaturated/α-hetero) is 1. The van der Waals surface area contributed by atoms with E-state index < -0.39 is 33.3 Å². The highest BCUT2D eigenvalue weighted by Crippen LogP contribution is 2.40. The second kappa shape index (κ2) is 10.3. The topological polar surface area (TPSA) is 169 Å². The molecule has 2 N–H and O–H groups in total. The van der Waals surface area contributed by atoms with Crippen LogP contribution in [0.4, 0.5) is 11.4 Å². The first-order chi connectivity index (χ1) is 19.2. The number of amides is 1. The van der Waals surface area contributed by atoms with Crippen molar-refractivity contribution in [3.63, 3.8) is 0 Å². The largest absolute Gasteiger partial charge is 0.507 e. The number of fused-ring (bicyclic) bond motifs is 1. The van der Waals surface area contributed by atoms with Crippen LogP contribution in [0.25, 0.3) is 16.7 Å². The third-order valence-electron chi connectivity index (χ3n) is 6.89. The van der Waals surface area contributed by atoms with Gasteiger partial charge in [0.1, 0.15) is 11.5 Å². The summed E-state index contributed by atoms with van der Waals surface area (Å²) >= 11 is 0. The number of carbonyl (C=O) groups excluding carboxylic acids is 2. The Hall–Kier alpha value is -5.52. The van der Waals surface area contributed by atoms with Gasteiger partial charge < -0.3 is 19.7 Å². The van der Waals surface area contributed by atoms with Gasteiger partial charge >= 0.3 is 0 Å². The fourth-order valence-corrected chi connectivity index (χ4v) is 4.89. The van der Waals surface area contributed by atoms with Crippen LogP contribution in [-0.4, -0.2) is 50.2 Å². The molecule has 2 heterocycles. The van der Waals surface area contributed by atoms with E-state index in [9.17, 15) is 34.9 Å². The normalized spacial score (nSPS) is 16.4. The molecule has 1 fully saturated rings. The number of non-ortho nitro benzene ring substituents is 2. The molecule has 1 saturated heterocycles. The standard InChI is InChI=1S/C28H22N4O8/c1-40-21-9-10-23-22(14-21)18(15-29-23)11-12-30-25(16-5-7-19(8-6-16)31(36)37)24(27(34)28(30)35)26(33)17-3-2-4-20(13-17)32(38)39/h2-10,13-15,25,29,33H,11-12H2,1H3/t25-/m0/s1. The number of likely N-dealkylation sites (tertiary alicyclic amines) is 1. The number of methoxy groups -OCH3 is 1. The average molecular weight is 543 g/mol. The van der Waals surface area contributed by atoms with E-state index in [1.807, 2.05) is 18.2 Å². The van der Waals surface area contributed by atoms with Crippen LogP contribution in [0.2, 0.25) is 0 Å². The van der Waals surface area contributed by atoms with Crippen LogP contribution >= 0.6 is 0 Å². The Bertz CT molecular complexity index is 1710. The molecule has 1 aliphatic heterocycles. The summed E-state index contributed by atoms with van der Waals surface area (Å²) in [5.74, 6) is -1.76. The van der Waals surface area contributed by atoms with Crippen molar-refractivity contribution in [3.8, 4) is 5.75 Å². The molecule has 5 rings (SSSR count). The zero-order valence-electron chi connectivity index (χ0n) is 21.1. The molecule has 0 saturated carbocycles. The lowest BCUT2D eigenvalue weighted by Gasteiger charge is -2.25. The van der Waals surface area contributed by atoms with Crippen molar-refractivity contribution in [1.82, 2.24) is 9.88 Å². The number of nitrogens with one attached hydrogen (secondary N) is 1. The van der Waals surface area contributed by atoms with E-state index in [1.165, 1.54) is 47.4 Å². The van der Waals surface area contributed by atoms with Crippen LogP contribution in [0.5, 0.6) is 5.75 Å². The van der Waals surface area contributed by atoms with E-state index in [0.717, 1.165) is 22.5 Å². The van der Waals surface area contributed by atoms with Gasteiger partial charge in [0.05, 0.1) is 28.6 Å². The highest BCUT2D eigenvalue weighted by molar-refractivity contribution is 6.46. The molecule has 1 aliphatic rings. The predicted octanol–water partition coefficient (Wildman–Crippen LogP) is 4.66. The Kier molecular flexibility index (Phi) is 6.74. The van der Waals surface area contributed by atoms with Crippen LogP contribution in [0.3, 0.4) is 0 Å². The van der Waals surface area contributed by atoms with Gasteiger partial charge in [-0.05, 0) is 47.9 Å². The quantitative estimate of drug-likeness (QED) is 0.106. The number of nitrogens with zero attached hydrogens (tertiary/aromatic N) is 3. The molecule has 0 bridgehead atoms. The number of hydrogen-bond donors (Lipinski definition) is 2. The van der Waals surface area contributed by atoms with Crippen molar-refractivity contribution in [1.29, 1.82) is 0 Å². The third kappa shape index (κ3) is 4.62. The van der Waals surface area contributed by atoms with Crippen molar-refractivity contribution < 1.29 is 29.3 Å². The van der Waals surface area contributed by atoms with Gasteiger partial charge in [-0.25, -0.2) is 0 Å². The Balaban J connectivity index is 1.58. The summed E-state index contributed by atoms with van der Waals surface area (Å²) in [6, 6.07) is 14.8. The van der Waals surface area contributed by atoms with E-state index >= 15 is 0 Å². The molecule has 12 nitrogen and oxygen atoms in total. The number of aromatic amines is 1. The second-order valence-electron chi connectivity index (χ2n) is 9.12. The van der Waals surface area contributed by atoms with E-state index in [4.69, 9.17) is 4.74 Å². The molecule has 12 heteroatoms. The molecule has 0 unspecified atom stereocenters. The van der Waals surface area contributed by atoms with Crippen LogP contribution in [0.1, 0.15) is 22.7 Å². The number of hydrogen-bond acceptors (Lipinski definition) is 8. The van der Waals surface area contributed by atoms with Crippen LogP contribution in [-0.2, 0) is 16.0 Å². The lowest BCUT2D eigenvalue weighted by Crippen LogP contribution is -2.31. The lowest BCUT2D eigenvalue weighted by molar-refractivity contribution is -0.385. The SMILES string of the molecule is COc1ccc2[nH]cc(CCN3C(=O)C(=O)C(=C(O)c4cccc([N+](=O)[O-])c4)[C@@H]3c3ccc([N+](=O)[O-])cc3)c2c1. The van der Waals surface area contributed by atoms with Gasteiger partial charge in [0.15, 0.2) is 0 Å². The van der Waals surface area contributed by atoms with Crippen molar-refractivity contribution in [2.75, 3.05) is 13.7 Å². The molecule has 0 spiro atoms. The molecule has 1 aromatic heterocycles. The number of nitro groups is 2. The Morgan fingerprint density at radius 3 is 2.40 bits per heavy atom. The lowest BCUT2D eigenvalue weighted by atomic mass is 9.95. The van der Waals surface area contributed by atoms with Gasteiger partial charge in [-0.2, -0.15) is 0 Å². The van der Waals surface area contributed by atoms with Gasteiger partial charge in [-0.15, -0.1) is 0 Å². The molecule has 40 heavy (non-hydrogen) atoms. The number of ketones is 1. The Morgan fingerprint density at radius 2 is 1.73 bits per heavy atom. The number of ether oxygens (including phenoxy) is 1. The number of aliphatic hydroxyl groups excluding tert-OH is 1. The van der Waals surface area contributed by atoms with Gasteiger partial charge in [0.2, 0.25) is 0 Å². The fourth-order valence-electron chi connectivity index (χ4n) is 4.89. The Labute approximate surface area is 226 Å². The minimum absolute atomic E-state index is 0.0113. The number of rotatable bonds is 8. The zero-order chi connectivity index (χ0) is 28.6. The molecule has 202 valence electrons. The predicted molar refractivity (Wildman–Crippen MR) is 144 cm³/mol. The first kappa shape index (κ1) is 26.1. The van der Waals surface area contributed by atoms with E-state index in [2.05, 4.69) is 4.98 Å². The van der Waals surface area contributed by atoms with Crippen LogP contribution in [0.15, 0.2) is 78.5 Å². The molecule has 0 radical (unpaired) electrons. The summed E-state index contributed by atoms with van der Waals surface area (Å²) in [5, 5.41) is 34.5. The number of carbonyl (C=O) groups is 2. The van der Waals surface area contributed by atoms with Crippen molar-refractivity contribution in [2.45, 2.75) is 12.5 Å². The zero-order valence-corrected chi connectivity index (χ0v) is 21.1. The maximum Gasteiger partial charge on any atom is 0.295 e. The summed E-state index contributed by atoms with van der Waals surface area (Å²) in [7, 11) is 1.55. The number of aromatic nitrogens is 1. The molecule has 0 aliphatic carbocycles. The smallest absolute Gasteiger partial charge is 0.295 e. The molecular weight excluding hydrogens is 520 g/mol.